The van der Waals surface area contributed by atoms with Gasteiger partial charge in [0.2, 0.25) is 5.91 Å². The molecule has 9 nitrogen and oxygen atoms in total. The van der Waals surface area contributed by atoms with Gasteiger partial charge in [-0.15, -0.1) is 0 Å². The summed E-state index contributed by atoms with van der Waals surface area (Å²) in [6.45, 7) is 3.05. The molecule has 13 heteroatoms. The fourth-order valence-electron chi connectivity index (χ4n) is 3.67. The molecule has 208 valence electrons. The minimum absolute atomic E-state index is 0.0433. The van der Waals surface area contributed by atoms with Crippen molar-refractivity contribution in [1.29, 1.82) is 0 Å². The van der Waals surface area contributed by atoms with Crippen LogP contribution in [0.5, 0.6) is 11.5 Å². The number of hydrogen-bond acceptors (Lipinski definition) is 8. The summed E-state index contributed by atoms with van der Waals surface area (Å²) >= 11 is 2.61. The summed E-state index contributed by atoms with van der Waals surface area (Å²) in [5.41, 5.74) is 1.11. The van der Waals surface area contributed by atoms with Gasteiger partial charge in [0.15, 0.2) is 11.5 Å². The number of nitrogens with one attached hydrogen (secondary N) is 1. The highest BCUT2D eigenvalue weighted by molar-refractivity contribution is 14.1. The highest BCUT2D eigenvalue weighted by Gasteiger charge is 2.35. The van der Waals surface area contributed by atoms with Gasteiger partial charge in [0.1, 0.15) is 10.7 Å². The van der Waals surface area contributed by atoms with Crippen molar-refractivity contribution in [1.82, 2.24) is 4.90 Å². The SMILES string of the molecule is CCOc1cc(/C=C2\SC(=O)N(Cc3ccccc3F)C2=O)cc(I)c1OS(=O)(=O)c1ccc(NC(C)=O)cc1. The monoisotopic (exact) mass is 696 g/mol. The Morgan fingerprint density at radius 2 is 1.82 bits per heavy atom. The Hall–Kier alpha value is -3.43. The van der Waals surface area contributed by atoms with E-state index >= 15 is 0 Å². The highest BCUT2D eigenvalue weighted by Crippen LogP contribution is 2.39. The van der Waals surface area contributed by atoms with Crippen LogP contribution in [0, 0.1) is 9.39 Å². The molecule has 0 radical (unpaired) electrons. The molecule has 1 saturated heterocycles. The molecule has 3 aromatic rings. The number of nitrogens with zero attached hydrogens (tertiary/aromatic N) is 1. The van der Waals surface area contributed by atoms with Gasteiger partial charge in [0.25, 0.3) is 11.1 Å². The van der Waals surface area contributed by atoms with Crippen LogP contribution in [-0.2, 0) is 26.3 Å². The maximum Gasteiger partial charge on any atom is 0.339 e. The third-order valence-corrected chi connectivity index (χ3v) is 8.39. The molecule has 0 atom stereocenters. The van der Waals surface area contributed by atoms with Gasteiger partial charge in [-0.3, -0.25) is 19.3 Å². The van der Waals surface area contributed by atoms with Gasteiger partial charge < -0.3 is 14.2 Å². The number of carbonyl (C=O) groups excluding carboxylic acids is 3. The van der Waals surface area contributed by atoms with Crippen molar-refractivity contribution in [2.45, 2.75) is 25.3 Å². The molecule has 0 spiro atoms. The molecular formula is C27H22FIN2O7S2. The molecule has 1 heterocycles. The van der Waals surface area contributed by atoms with Crippen LogP contribution >= 0.6 is 34.4 Å². The van der Waals surface area contributed by atoms with Crippen LogP contribution in [0.25, 0.3) is 6.08 Å². The number of imide groups is 1. The van der Waals surface area contributed by atoms with E-state index < -0.39 is 27.1 Å². The Morgan fingerprint density at radius 3 is 2.48 bits per heavy atom. The molecule has 4 rings (SSSR count). The Labute approximate surface area is 248 Å². The van der Waals surface area contributed by atoms with Gasteiger partial charge in [0, 0.05) is 18.2 Å². The topological polar surface area (TPSA) is 119 Å². The number of hydrogen-bond donors (Lipinski definition) is 1. The zero-order valence-corrected chi connectivity index (χ0v) is 24.9. The van der Waals surface area contributed by atoms with Gasteiger partial charge in [-0.2, -0.15) is 8.42 Å². The Balaban J connectivity index is 1.60. The number of ether oxygens (including phenoxy) is 1. The van der Waals surface area contributed by atoms with Crippen LogP contribution in [0.2, 0.25) is 0 Å². The Morgan fingerprint density at radius 1 is 1.12 bits per heavy atom. The summed E-state index contributed by atoms with van der Waals surface area (Å²) in [5, 5.41) is 2.03. The number of benzene rings is 3. The van der Waals surface area contributed by atoms with Gasteiger partial charge >= 0.3 is 10.1 Å². The molecule has 40 heavy (non-hydrogen) atoms. The number of carbonyl (C=O) groups is 3. The van der Waals surface area contributed by atoms with Crippen LogP contribution in [-0.4, -0.2) is 37.0 Å². The lowest BCUT2D eigenvalue weighted by Gasteiger charge is -2.15. The molecule has 1 aliphatic rings. The van der Waals surface area contributed by atoms with Crippen molar-refractivity contribution in [3.05, 3.63) is 86.1 Å². The van der Waals surface area contributed by atoms with Gasteiger partial charge in [-0.1, -0.05) is 18.2 Å². The van der Waals surface area contributed by atoms with Crippen molar-refractivity contribution in [3.8, 4) is 11.5 Å². The van der Waals surface area contributed by atoms with Crippen LogP contribution in [0.3, 0.4) is 0 Å². The van der Waals surface area contributed by atoms with E-state index in [1.165, 1.54) is 61.5 Å². The van der Waals surface area contributed by atoms with E-state index in [4.69, 9.17) is 8.92 Å². The van der Waals surface area contributed by atoms with E-state index in [0.29, 0.717) is 14.8 Å². The first-order valence-corrected chi connectivity index (χ1v) is 15.1. The second kappa shape index (κ2) is 12.4. The molecule has 3 aromatic carbocycles. The summed E-state index contributed by atoms with van der Waals surface area (Å²) in [6, 6.07) is 14.5. The Kier molecular flexibility index (Phi) is 9.15. The summed E-state index contributed by atoms with van der Waals surface area (Å²) in [4.78, 5) is 37.7. The maximum absolute atomic E-state index is 14.1. The van der Waals surface area contributed by atoms with Gasteiger partial charge in [-0.05, 0) is 95.4 Å². The predicted molar refractivity (Wildman–Crippen MR) is 157 cm³/mol. The smallest absolute Gasteiger partial charge is 0.339 e. The molecule has 1 fully saturated rings. The molecular weight excluding hydrogens is 674 g/mol. The van der Waals surface area contributed by atoms with E-state index in [1.54, 1.807) is 19.1 Å². The number of halogens is 2. The molecule has 0 unspecified atom stereocenters. The Bertz CT molecular complexity index is 1630. The van der Waals surface area contributed by atoms with Crippen LogP contribution in [0.15, 0.2) is 70.5 Å². The van der Waals surface area contributed by atoms with Crippen molar-refractivity contribution in [3.63, 3.8) is 0 Å². The lowest BCUT2D eigenvalue weighted by Crippen LogP contribution is -2.27. The zero-order chi connectivity index (χ0) is 29.0. The second-order valence-corrected chi connectivity index (χ2v) is 12.1. The third-order valence-electron chi connectivity index (χ3n) is 5.45. The molecule has 0 aromatic heterocycles. The van der Waals surface area contributed by atoms with Crippen molar-refractivity contribution < 1.29 is 36.1 Å². The highest BCUT2D eigenvalue weighted by atomic mass is 127. The minimum Gasteiger partial charge on any atom is -0.490 e. The fraction of sp³-hybridized carbons (Fsp3) is 0.148. The van der Waals surface area contributed by atoms with E-state index in [0.717, 1.165) is 16.7 Å². The lowest BCUT2D eigenvalue weighted by atomic mass is 10.1. The van der Waals surface area contributed by atoms with Crippen molar-refractivity contribution in [2.24, 2.45) is 0 Å². The third kappa shape index (κ3) is 6.82. The summed E-state index contributed by atoms with van der Waals surface area (Å²) in [5.74, 6) is -1.31. The van der Waals surface area contributed by atoms with Crippen molar-refractivity contribution >= 4 is 73.3 Å². The van der Waals surface area contributed by atoms with E-state index in [1.807, 2.05) is 22.6 Å². The average Bonchev–Trinajstić information content (AvgIpc) is 3.15. The van der Waals surface area contributed by atoms with Crippen LogP contribution in [0.4, 0.5) is 14.9 Å². The van der Waals surface area contributed by atoms with E-state index in [2.05, 4.69) is 5.32 Å². The largest absolute Gasteiger partial charge is 0.490 e. The quantitative estimate of drug-likeness (QED) is 0.170. The van der Waals surface area contributed by atoms with E-state index in [-0.39, 0.29) is 45.9 Å². The number of thioether (sulfide) groups is 1. The number of rotatable bonds is 9. The summed E-state index contributed by atoms with van der Waals surface area (Å²) < 4.78 is 51.5. The second-order valence-electron chi connectivity index (χ2n) is 8.37. The average molecular weight is 697 g/mol. The fourth-order valence-corrected chi connectivity index (χ4v) is 6.35. The normalized spacial score (nSPS) is 14.5. The predicted octanol–water partition coefficient (Wildman–Crippen LogP) is 5.79. The van der Waals surface area contributed by atoms with Crippen LogP contribution in [0.1, 0.15) is 25.0 Å². The first kappa shape index (κ1) is 29.6. The number of anilines is 1. The van der Waals surface area contributed by atoms with Crippen molar-refractivity contribution in [2.75, 3.05) is 11.9 Å². The van der Waals surface area contributed by atoms with Gasteiger partial charge in [-0.25, -0.2) is 4.39 Å². The molecule has 0 aliphatic carbocycles. The maximum atomic E-state index is 14.1. The molecule has 0 bridgehead atoms. The summed E-state index contributed by atoms with van der Waals surface area (Å²) in [7, 11) is -4.27. The minimum atomic E-state index is -4.27. The molecule has 1 aliphatic heterocycles. The standard InChI is InChI=1S/C27H22FIN2O7S2/c1-3-37-23-13-17(14-24-26(33)31(27(34)39-24)15-18-6-4-5-7-21(18)28)12-22(29)25(23)38-40(35,36)20-10-8-19(9-11-20)30-16(2)32/h4-14H,3,15H2,1-2H3,(H,30,32)/b24-14-. The first-order chi connectivity index (χ1) is 19.0. The molecule has 0 saturated carbocycles. The zero-order valence-electron chi connectivity index (χ0n) is 21.1. The number of amides is 3. The van der Waals surface area contributed by atoms with Gasteiger partial charge in [0.05, 0.1) is 21.6 Å². The first-order valence-electron chi connectivity index (χ1n) is 11.8. The lowest BCUT2D eigenvalue weighted by molar-refractivity contribution is -0.123. The van der Waals surface area contributed by atoms with E-state index in [9.17, 15) is 27.2 Å². The molecule has 1 N–H and O–H groups in total. The summed E-state index contributed by atoms with van der Waals surface area (Å²) in [6.07, 6.45) is 1.48. The van der Waals surface area contributed by atoms with Crippen LogP contribution < -0.4 is 14.2 Å². The molecule has 3 amide bonds.